The van der Waals surface area contributed by atoms with E-state index in [0.717, 1.165) is 55.4 Å². The van der Waals surface area contributed by atoms with Gasteiger partial charge in [-0.05, 0) is 86.9 Å². The highest BCUT2D eigenvalue weighted by Gasteiger charge is 2.67. The van der Waals surface area contributed by atoms with E-state index in [9.17, 15) is 0 Å². The van der Waals surface area contributed by atoms with E-state index in [-0.39, 0.29) is 81.9 Å². The lowest BCUT2D eigenvalue weighted by Gasteiger charge is -2.50. The lowest BCUT2D eigenvalue weighted by Crippen LogP contribution is -2.62. The van der Waals surface area contributed by atoms with Crippen LogP contribution in [0.15, 0.2) is 121 Å². The van der Waals surface area contributed by atoms with Crippen molar-refractivity contribution in [3.63, 3.8) is 0 Å². The molecule has 19 heteroatoms. The van der Waals surface area contributed by atoms with Gasteiger partial charge in [-0.1, -0.05) is 115 Å². The topological polar surface area (TPSA) is 43.4 Å². The van der Waals surface area contributed by atoms with Crippen molar-refractivity contribution in [2.75, 3.05) is 4.90 Å². The SMILES string of the molecule is [B]c1c([B])c([B])c(C2=CC=CC2(c2c([B])c([B])c([B])c([B])c2[B])C2c3ccccc3N3c4cccc5c4C4(/C=C/C(c6c([B])c([B])c([B])c([B])c6[B])=C(C(C)(C)C)\C=C(/N)n6c7ccccc7c7ccc(c4c76)O5)C23)c([B])c1[B]. The molecule has 4 aliphatic heterocycles. The normalized spacial score (nSPS) is 22.5. The molecule has 4 unspecified atom stereocenters. The van der Waals surface area contributed by atoms with E-state index in [4.69, 9.17) is 128 Å². The number of rotatable bonds is 4. The largest absolute Gasteiger partial charge is 0.457 e. The van der Waals surface area contributed by atoms with E-state index < -0.39 is 28.2 Å². The highest BCUT2D eigenvalue weighted by atomic mass is 16.5. The number of ether oxygens (including phenoxy) is 1. The molecule has 0 amide bonds. The third kappa shape index (κ3) is 6.54. The molecule has 0 fully saturated rings. The Hall–Kier alpha value is -6.59. The van der Waals surface area contributed by atoms with Crippen LogP contribution in [0, 0.1) is 5.41 Å². The molecule has 0 saturated heterocycles. The van der Waals surface area contributed by atoms with Crippen molar-refractivity contribution >= 4 is 250 Å². The summed E-state index contributed by atoms with van der Waals surface area (Å²) in [6.07, 6.45) is 12.1. The van der Waals surface area contributed by atoms with Crippen LogP contribution in [0.5, 0.6) is 11.5 Å². The van der Waals surface area contributed by atoms with Gasteiger partial charge in [-0.2, -0.15) is 0 Å². The zero-order chi connectivity index (χ0) is 56.0. The molecule has 1 aromatic heterocycles. The number of hydrogen-bond donors (Lipinski definition) is 1. The predicted octanol–water partition coefficient (Wildman–Crippen LogP) is -3.87. The van der Waals surface area contributed by atoms with Crippen LogP contribution in [-0.2, 0) is 10.8 Å². The number of anilines is 2. The molecule has 5 heterocycles. The Balaban J connectivity index is 1.28. The molecule has 338 valence electrons. The molecule has 79 heavy (non-hydrogen) atoms. The Kier molecular flexibility index (Phi) is 11.5. The lowest BCUT2D eigenvalue weighted by atomic mass is 9.48. The van der Waals surface area contributed by atoms with Crippen molar-refractivity contribution in [3.05, 3.63) is 154 Å². The van der Waals surface area contributed by atoms with Gasteiger partial charge in [-0.15, -0.1) is 60.1 Å². The van der Waals surface area contributed by atoms with Crippen molar-refractivity contribution < 1.29 is 4.74 Å². The quantitative estimate of drug-likeness (QED) is 0.184. The molecule has 7 aromatic carbocycles. The van der Waals surface area contributed by atoms with E-state index in [1.165, 1.54) is 0 Å². The Labute approximate surface area is 481 Å². The molecule has 4 atom stereocenters. The smallest absolute Gasteiger partial charge is 0.134 e. The maximum absolute atomic E-state index is 7.71. The van der Waals surface area contributed by atoms with Gasteiger partial charge in [0, 0.05) is 44.6 Å². The van der Waals surface area contributed by atoms with Gasteiger partial charge in [-0.25, -0.2) is 0 Å². The Morgan fingerprint density at radius 3 is 1.68 bits per heavy atom. The first-order valence-electron chi connectivity index (χ1n) is 25.6. The van der Waals surface area contributed by atoms with Crippen molar-refractivity contribution in [2.24, 2.45) is 11.1 Å². The first-order valence-corrected chi connectivity index (χ1v) is 25.6. The average molecular weight is 973 g/mol. The van der Waals surface area contributed by atoms with Crippen LogP contribution in [0.1, 0.15) is 60.1 Å². The minimum absolute atomic E-state index is 0.0253. The first-order chi connectivity index (χ1) is 37.5. The zero-order valence-corrected chi connectivity index (χ0v) is 43.7. The zero-order valence-electron chi connectivity index (χ0n) is 43.7. The van der Waals surface area contributed by atoms with Crippen LogP contribution in [0.4, 0.5) is 11.4 Å². The van der Waals surface area contributed by atoms with E-state index in [0.29, 0.717) is 45.2 Å². The molecule has 8 aromatic rings. The fourth-order valence-corrected chi connectivity index (χ4v) is 14.0. The second-order valence-electron chi connectivity index (χ2n) is 22.3. The second-order valence-corrected chi connectivity index (χ2v) is 22.3. The summed E-state index contributed by atoms with van der Waals surface area (Å²) in [5.74, 6) is 0.770. The van der Waals surface area contributed by atoms with E-state index >= 15 is 0 Å². The number of para-hydroxylation sites is 2. The molecule has 5 aliphatic rings. The van der Waals surface area contributed by atoms with Crippen molar-refractivity contribution in [1.29, 1.82) is 0 Å². The summed E-state index contributed by atoms with van der Waals surface area (Å²) >= 11 is 0. The third-order valence-electron chi connectivity index (χ3n) is 17.5. The fourth-order valence-electron chi connectivity index (χ4n) is 14.0. The average Bonchev–Trinajstić information content (AvgIpc) is 2.60. The Morgan fingerprint density at radius 1 is 0.506 bits per heavy atom. The second kappa shape index (κ2) is 17.5. The number of nitrogens with two attached hydrogens (primary N) is 1. The van der Waals surface area contributed by atoms with Crippen molar-refractivity contribution in [1.82, 2.24) is 4.57 Å². The highest BCUT2D eigenvalue weighted by Crippen LogP contribution is 2.72. The van der Waals surface area contributed by atoms with E-state index in [2.05, 4.69) is 78.8 Å². The number of aromatic nitrogens is 1. The standard InChI is InChI=1S/C60H32B15N3O/c1-58(2,3)28-22-34(76)78-29-13-6-4-10-23(29)24-17-18-33-39(56(24)78)60(21-19-25(28)35-41(61)47(67)53(73)48(68)42(35)62)38-31(15-8-16-32(38)79-33)77-30-14-7-5-11-26(30)37(57(60)77)59(40-45(65)51(71)55(75)52(72)46(40)66)20-9-12-27(59)36-43(63)49(69)54(74)50(70)44(36)64/h4-22,37,57H,76H2,1-3H3/b21-19+,28-25-,34-22+. The Bertz CT molecular complexity index is 4250. The van der Waals surface area contributed by atoms with Crippen LogP contribution >= 0.6 is 0 Å². The summed E-state index contributed by atoms with van der Waals surface area (Å²) in [5.41, 5.74) is 14.0. The molecule has 1 aliphatic carbocycles. The van der Waals surface area contributed by atoms with Gasteiger partial charge in [0.15, 0.2) is 0 Å². The summed E-state index contributed by atoms with van der Waals surface area (Å²) in [6, 6.07) is 25.8. The number of benzene rings is 7. The fraction of sp³-hybridized carbons (Fsp3) is 0.133. The minimum Gasteiger partial charge on any atom is -0.457 e. The summed E-state index contributed by atoms with van der Waals surface area (Å²) < 4.78 is 9.36. The molecule has 0 saturated carbocycles. The van der Waals surface area contributed by atoms with Crippen LogP contribution in [0.25, 0.3) is 38.8 Å². The van der Waals surface area contributed by atoms with Gasteiger partial charge in [0.1, 0.15) is 135 Å². The summed E-state index contributed by atoms with van der Waals surface area (Å²) in [6.45, 7) is 6.28. The molecule has 2 N–H and O–H groups in total. The number of nitrogens with zero attached hydrogens (tertiary/aromatic N) is 2. The first kappa shape index (κ1) is 51.8. The predicted molar refractivity (Wildman–Crippen MR) is 345 cm³/mol. The van der Waals surface area contributed by atoms with Crippen LogP contribution in [0.3, 0.4) is 0 Å². The monoisotopic (exact) mass is 975 g/mol. The number of allylic oxidation sites excluding steroid dienone is 8. The summed E-state index contributed by atoms with van der Waals surface area (Å²) in [5, 5.41) is 1.86. The van der Waals surface area contributed by atoms with Crippen molar-refractivity contribution in [2.45, 2.75) is 43.6 Å². The van der Waals surface area contributed by atoms with Crippen LogP contribution in [-0.4, -0.2) is 128 Å². The van der Waals surface area contributed by atoms with Gasteiger partial charge in [0.05, 0.1) is 22.5 Å². The molecule has 13 rings (SSSR count). The van der Waals surface area contributed by atoms with Gasteiger partial charge >= 0.3 is 0 Å². The van der Waals surface area contributed by atoms with Gasteiger partial charge in [0.2, 0.25) is 0 Å². The molecule has 0 bridgehead atoms. The van der Waals surface area contributed by atoms with Gasteiger partial charge in [0.25, 0.3) is 0 Å². The maximum atomic E-state index is 7.71. The van der Waals surface area contributed by atoms with Crippen LogP contribution in [0.2, 0.25) is 0 Å². The van der Waals surface area contributed by atoms with Crippen LogP contribution < -0.4 is 97.3 Å². The molecular formula is C60H32B15N3O. The summed E-state index contributed by atoms with van der Waals surface area (Å²) in [7, 11) is 104. The molecular weight excluding hydrogens is 941 g/mol. The van der Waals surface area contributed by atoms with Gasteiger partial charge in [-0.3, -0.25) is 4.57 Å². The number of hydrogen-bond acceptors (Lipinski definition) is 3. The van der Waals surface area contributed by atoms with Crippen molar-refractivity contribution in [3.8, 4) is 11.5 Å². The Morgan fingerprint density at radius 2 is 1.05 bits per heavy atom. The highest BCUT2D eigenvalue weighted by molar-refractivity contribution is 6.70. The van der Waals surface area contributed by atoms with Gasteiger partial charge < -0.3 is 15.4 Å². The lowest BCUT2D eigenvalue weighted by molar-refractivity contribution is 0.361. The molecule has 30 radical (unpaired) electrons. The maximum Gasteiger partial charge on any atom is 0.134 e. The molecule has 4 nitrogen and oxygen atoms in total. The summed E-state index contributed by atoms with van der Waals surface area (Å²) in [4.78, 5) is 2.37. The number of fused-ring (bicyclic) bond motifs is 7. The van der Waals surface area contributed by atoms with E-state index in [1.807, 2.05) is 66.8 Å². The molecule has 1 spiro atoms. The third-order valence-corrected chi connectivity index (χ3v) is 17.5. The minimum atomic E-state index is -1.53. The van der Waals surface area contributed by atoms with E-state index in [1.54, 1.807) is 0 Å².